The molecule has 0 N–H and O–H groups in total. The van der Waals surface area contributed by atoms with Gasteiger partial charge in [0, 0.05) is 13.1 Å². The zero-order valence-corrected chi connectivity index (χ0v) is 9.68. The summed E-state index contributed by atoms with van der Waals surface area (Å²) in [5.41, 5.74) is 0.433. The quantitative estimate of drug-likeness (QED) is 0.742. The first-order chi connectivity index (χ1) is 7.20. The zero-order valence-electron chi connectivity index (χ0n) is 8.17. The summed E-state index contributed by atoms with van der Waals surface area (Å²) in [6, 6.07) is 5.12. The summed E-state index contributed by atoms with van der Waals surface area (Å²) in [6.07, 6.45) is 2.13. The van der Waals surface area contributed by atoms with E-state index in [0.29, 0.717) is 15.6 Å². The predicted molar refractivity (Wildman–Crippen MR) is 61.6 cm³/mol. The highest BCUT2D eigenvalue weighted by atomic mass is 35.5. The molecule has 0 unspecified atom stereocenters. The van der Waals surface area contributed by atoms with Crippen LogP contribution in [-0.4, -0.2) is 23.9 Å². The number of hydrogen-bond donors (Lipinski definition) is 0. The van der Waals surface area contributed by atoms with Gasteiger partial charge in [-0.15, -0.1) is 0 Å². The van der Waals surface area contributed by atoms with Crippen LogP contribution in [0.25, 0.3) is 0 Å². The molecule has 0 spiro atoms. The van der Waals surface area contributed by atoms with Crippen LogP contribution in [0.4, 0.5) is 0 Å². The van der Waals surface area contributed by atoms with Crippen LogP contribution in [-0.2, 0) is 0 Å². The van der Waals surface area contributed by atoms with Gasteiger partial charge in [-0.25, -0.2) is 0 Å². The first-order valence-corrected chi connectivity index (χ1v) is 5.69. The molecule has 1 aliphatic rings. The minimum absolute atomic E-state index is 0.0527. The minimum atomic E-state index is -0.0527. The first-order valence-electron chi connectivity index (χ1n) is 4.93. The molecule has 0 aliphatic carbocycles. The Morgan fingerprint density at radius 3 is 2.20 bits per heavy atom. The van der Waals surface area contributed by atoms with Gasteiger partial charge in [0.15, 0.2) is 0 Å². The maximum atomic E-state index is 12.0. The van der Waals surface area contributed by atoms with Crippen molar-refractivity contribution in [2.24, 2.45) is 0 Å². The van der Waals surface area contributed by atoms with Crippen molar-refractivity contribution in [1.29, 1.82) is 0 Å². The lowest BCUT2D eigenvalue weighted by Gasteiger charge is -2.16. The van der Waals surface area contributed by atoms with Crippen LogP contribution in [0.5, 0.6) is 0 Å². The van der Waals surface area contributed by atoms with Gasteiger partial charge in [0.25, 0.3) is 5.91 Å². The molecule has 1 amide bonds. The number of nitrogens with zero attached hydrogens (tertiary/aromatic N) is 1. The number of likely N-dealkylation sites (tertiary alicyclic amines) is 1. The van der Waals surface area contributed by atoms with Crippen molar-refractivity contribution < 1.29 is 4.79 Å². The second-order valence-electron chi connectivity index (χ2n) is 3.60. The van der Waals surface area contributed by atoms with Crippen LogP contribution in [0.15, 0.2) is 18.2 Å². The lowest BCUT2D eigenvalue weighted by Crippen LogP contribution is -2.28. The minimum Gasteiger partial charge on any atom is -0.339 e. The number of rotatable bonds is 1. The maximum Gasteiger partial charge on any atom is 0.256 e. The van der Waals surface area contributed by atoms with Gasteiger partial charge in [-0.1, -0.05) is 29.3 Å². The number of carbonyl (C=O) groups excluding carboxylic acids is 1. The van der Waals surface area contributed by atoms with Crippen LogP contribution >= 0.6 is 23.2 Å². The molecule has 15 heavy (non-hydrogen) atoms. The van der Waals surface area contributed by atoms with Crippen LogP contribution < -0.4 is 0 Å². The molecule has 0 saturated carbocycles. The fraction of sp³-hybridized carbons (Fsp3) is 0.364. The molecule has 0 aromatic heterocycles. The summed E-state index contributed by atoms with van der Waals surface area (Å²) in [6.45, 7) is 1.61. The van der Waals surface area contributed by atoms with E-state index in [2.05, 4.69) is 0 Å². The Labute approximate surface area is 98.8 Å². The monoisotopic (exact) mass is 243 g/mol. The number of amides is 1. The molecule has 0 bridgehead atoms. The van der Waals surface area contributed by atoms with Gasteiger partial charge < -0.3 is 4.90 Å². The van der Waals surface area contributed by atoms with Crippen molar-refractivity contribution in [3.05, 3.63) is 33.8 Å². The lowest BCUT2D eigenvalue weighted by atomic mass is 10.2. The normalized spacial score (nSPS) is 15.7. The largest absolute Gasteiger partial charge is 0.339 e. The molecule has 0 atom stereocenters. The molecule has 1 aromatic rings. The molecule has 80 valence electrons. The Morgan fingerprint density at radius 1 is 1.13 bits per heavy atom. The molecule has 1 fully saturated rings. The van der Waals surface area contributed by atoms with E-state index in [1.807, 2.05) is 0 Å². The van der Waals surface area contributed by atoms with E-state index >= 15 is 0 Å². The number of benzene rings is 1. The highest BCUT2D eigenvalue weighted by Crippen LogP contribution is 2.26. The number of hydrogen-bond acceptors (Lipinski definition) is 1. The van der Waals surface area contributed by atoms with E-state index in [9.17, 15) is 4.79 Å². The van der Waals surface area contributed by atoms with E-state index in [1.165, 1.54) is 0 Å². The molecule has 1 aromatic carbocycles. The summed E-state index contributed by atoms with van der Waals surface area (Å²) < 4.78 is 0. The van der Waals surface area contributed by atoms with Gasteiger partial charge in [0.1, 0.15) is 0 Å². The molecule has 2 rings (SSSR count). The molecule has 1 heterocycles. The third-order valence-corrected chi connectivity index (χ3v) is 3.20. The van der Waals surface area contributed by atoms with E-state index < -0.39 is 0 Å². The average molecular weight is 244 g/mol. The summed E-state index contributed by atoms with van der Waals surface area (Å²) in [7, 11) is 0. The molecule has 4 heteroatoms. The smallest absolute Gasteiger partial charge is 0.256 e. The fourth-order valence-electron chi connectivity index (χ4n) is 1.78. The zero-order chi connectivity index (χ0) is 10.8. The maximum absolute atomic E-state index is 12.0. The van der Waals surface area contributed by atoms with Gasteiger partial charge >= 0.3 is 0 Å². The van der Waals surface area contributed by atoms with Crippen molar-refractivity contribution in [3.8, 4) is 0 Å². The van der Waals surface area contributed by atoms with Gasteiger partial charge in [0.2, 0.25) is 0 Å². The summed E-state index contributed by atoms with van der Waals surface area (Å²) in [5.74, 6) is -0.0527. The van der Waals surface area contributed by atoms with Gasteiger partial charge in [-0.3, -0.25) is 4.79 Å². The summed E-state index contributed by atoms with van der Waals surface area (Å²) in [4.78, 5) is 13.8. The Kier molecular flexibility index (Phi) is 3.17. The number of halogens is 2. The van der Waals surface area contributed by atoms with Crippen LogP contribution in [0.3, 0.4) is 0 Å². The fourth-order valence-corrected chi connectivity index (χ4v) is 2.34. The van der Waals surface area contributed by atoms with Crippen molar-refractivity contribution in [2.45, 2.75) is 12.8 Å². The van der Waals surface area contributed by atoms with Crippen LogP contribution in [0.2, 0.25) is 10.0 Å². The SMILES string of the molecule is O=C(c1c(Cl)cccc1Cl)N1CCCC1. The summed E-state index contributed by atoms with van der Waals surface area (Å²) >= 11 is 11.9. The Hall–Kier alpha value is -0.730. The molecule has 1 saturated heterocycles. The Balaban J connectivity index is 2.32. The summed E-state index contributed by atoms with van der Waals surface area (Å²) in [5, 5.41) is 0.860. The molecule has 0 radical (unpaired) electrons. The average Bonchev–Trinajstić information content (AvgIpc) is 2.69. The molecule has 2 nitrogen and oxygen atoms in total. The van der Waals surface area contributed by atoms with Gasteiger partial charge in [0.05, 0.1) is 15.6 Å². The van der Waals surface area contributed by atoms with Crippen molar-refractivity contribution in [1.82, 2.24) is 4.90 Å². The van der Waals surface area contributed by atoms with Crippen LogP contribution in [0, 0.1) is 0 Å². The van der Waals surface area contributed by atoms with Crippen LogP contribution in [0.1, 0.15) is 23.2 Å². The van der Waals surface area contributed by atoms with E-state index in [-0.39, 0.29) is 5.91 Å². The Morgan fingerprint density at radius 2 is 1.67 bits per heavy atom. The second kappa shape index (κ2) is 4.42. The second-order valence-corrected chi connectivity index (χ2v) is 4.41. The van der Waals surface area contributed by atoms with E-state index in [1.54, 1.807) is 23.1 Å². The van der Waals surface area contributed by atoms with Gasteiger partial charge in [-0.05, 0) is 25.0 Å². The lowest BCUT2D eigenvalue weighted by molar-refractivity contribution is 0.0793. The third-order valence-electron chi connectivity index (χ3n) is 2.57. The third kappa shape index (κ3) is 2.11. The standard InChI is InChI=1S/C11H11Cl2NO/c12-8-4-3-5-9(13)10(8)11(15)14-6-1-2-7-14/h3-5H,1-2,6-7H2. The highest BCUT2D eigenvalue weighted by molar-refractivity contribution is 6.39. The molecular weight excluding hydrogens is 233 g/mol. The molecular formula is C11H11Cl2NO. The Bertz CT molecular complexity index is 366. The highest BCUT2D eigenvalue weighted by Gasteiger charge is 2.23. The van der Waals surface area contributed by atoms with E-state index in [4.69, 9.17) is 23.2 Å². The number of carbonyl (C=O) groups is 1. The predicted octanol–water partition coefficient (Wildman–Crippen LogP) is 3.23. The van der Waals surface area contributed by atoms with Crippen molar-refractivity contribution >= 4 is 29.1 Å². The van der Waals surface area contributed by atoms with Crippen molar-refractivity contribution in [2.75, 3.05) is 13.1 Å². The molecule has 1 aliphatic heterocycles. The topological polar surface area (TPSA) is 20.3 Å². The van der Waals surface area contributed by atoms with E-state index in [0.717, 1.165) is 25.9 Å². The van der Waals surface area contributed by atoms with Gasteiger partial charge in [-0.2, -0.15) is 0 Å². The van der Waals surface area contributed by atoms with Crippen molar-refractivity contribution in [3.63, 3.8) is 0 Å². The first kappa shape index (κ1) is 10.8.